The first-order valence-electron chi connectivity index (χ1n) is 7.62. The van der Waals surface area contributed by atoms with Gasteiger partial charge in [0.05, 0.1) is 13.2 Å². The number of para-hydroxylation sites is 1. The predicted octanol–water partition coefficient (Wildman–Crippen LogP) is 2.97. The van der Waals surface area contributed by atoms with E-state index in [1.165, 1.54) is 24.0 Å². The fourth-order valence-electron chi connectivity index (χ4n) is 2.58. The Morgan fingerprint density at radius 2 is 1.95 bits per heavy atom. The van der Waals surface area contributed by atoms with Crippen molar-refractivity contribution in [1.29, 1.82) is 0 Å². The number of hydrogen-bond acceptors (Lipinski definition) is 3. The molecule has 1 fully saturated rings. The maximum absolute atomic E-state index is 9.56. The summed E-state index contributed by atoms with van der Waals surface area (Å²) < 4.78 is 5.92. The average molecular weight is 277 g/mol. The molecule has 0 heterocycles. The van der Waals surface area contributed by atoms with Gasteiger partial charge in [-0.05, 0) is 57.6 Å². The Bertz CT molecular complexity index is 422. The molecule has 1 saturated carbocycles. The lowest BCUT2D eigenvalue weighted by molar-refractivity contribution is 0.154. The van der Waals surface area contributed by atoms with Crippen LogP contribution in [0.1, 0.15) is 43.7 Å². The topological polar surface area (TPSA) is 41.5 Å². The van der Waals surface area contributed by atoms with E-state index in [2.05, 4.69) is 44.3 Å². The van der Waals surface area contributed by atoms with Crippen molar-refractivity contribution in [2.75, 3.05) is 13.2 Å². The monoisotopic (exact) mass is 277 g/mol. The highest BCUT2D eigenvalue weighted by atomic mass is 16.5. The molecule has 1 unspecified atom stereocenters. The van der Waals surface area contributed by atoms with E-state index < -0.39 is 0 Å². The molecule has 2 rings (SSSR count). The minimum atomic E-state index is -0.161. The summed E-state index contributed by atoms with van der Waals surface area (Å²) in [6.07, 6.45) is 4.37. The third kappa shape index (κ3) is 4.22. The molecule has 0 bridgehead atoms. The van der Waals surface area contributed by atoms with E-state index in [-0.39, 0.29) is 12.1 Å². The smallest absolute Gasteiger partial charge is 0.125 e. The van der Waals surface area contributed by atoms with Crippen LogP contribution in [-0.2, 0) is 0 Å². The van der Waals surface area contributed by atoms with Gasteiger partial charge in [-0.25, -0.2) is 0 Å². The fraction of sp³-hybridized carbons (Fsp3) is 0.647. The molecule has 0 saturated heterocycles. The van der Waals surface area contributed by atoms with Crippen LogP contribution < -0.4 is 10.1 Å². The van der Waals surface area contributed by atoms with E-state index in [0.29, 0.717) is 12.6 Å². The number of nitrogens with one attached hydrogen (secondary N) is 1. The first-order valence-corrected chi connectivity index (χ1v) is 7.62. The van der Waals surface area contributed by atoms with Crippen molar-refractivity contribution in [2.24, 2.45) is 0 Å². The molecule has 1 aromatic rings. The van der Waals surface area contributed by atoms with Crippen LogP contribution in [-0.4, -0.2) is 29.9 Å². The van der Waals surface area contributed by atoms with Crippen LogP contribution in [0.5, 0.6) is 5.75 Å². The molecule has 20 heavy (non-hydrogen) atoms. The van der Waals surface area contributed by atoms with Crippen LogP contribution in [0.2, 0.25) is 0 Å². The highest BCUT2D eigenvalue weighted by Gasteiger charge is 2.31. The summed E-state index contributed by atoms with van der Waals surface area (Å²) >= 11 is 0. The van der Waals surface area contributed by atoms with Crippen LogP contribution in [0.15, 0.2) is 18.2 Å². The molecule has 112 valence electrons. The van der Waals surface area contributed by atoms with Gasteiger partial charge >= 0.3 is 0 Å². The van der Waals surface area contributed by atoms with Gasteiger partial charge < -0.3 is 15.2 Å². The molecule has 3 nitrogen and oxygen atoms in total. The normalized spacial score (nSPS) is 17.8. The van der Waals surface area contributed by atoms with Gasteiger partial charge in [0.2, 0.25) is 0 Å². The molecule has 0 radical (unpaired) electrons. The van der Waals surface area contributed by atoms with Crippen molar-refractivity contribution in [3.63, 3.8) is 0 Å². The van der Waals surface area contributed by atoms with E-state index in [1.807, 2.05) is 0 Å². The minimum Gasteiger partial charge on any atom is -0.493 e. The van der Waals surface area contributed by atoms with Crippen LogP contribution in [0, 0.1) is 13.8 Å². The summed E-state index contributed by atoms with van der Waals surface area (Å²) in [4.78, 5) is 0. The number of benzene rings is 1. The molecule has 1 atom stereocenters. The summed E-state index contributed by atoms with van der Waals surface area (Å²) in [5.41, 5.74) is 2.21. The Kier molecular flexibility index (Phi) is 5.06. The quantitative estimate of drug-likeness (QED) is 0.718. The first kappa shape index (κ1) is 15.3. The molecule has 1 aliphatic rings. The standard InChI is InChI=1S/C17H27NO2/c1-13-6-4-7-14(2)16(13)20-11-5-10-17(3,12-19)18-15-8-9-15/h4,6-7,15,18-19H,5,8-12H2,1-3H3. The number of aliphatic hydroxyl groups is 1. The third-order valence-corrected chi connectivity index (χ3v) is 4.01. The molecule has 1 aliphatic carbocycles. The lowest BCUT2D eigenvalue weighted by Gasteiger charge is -2.29. The molecule has 1 aromatic carbocycles. The van der Waals surface area contributed by atoms with Crippen LogP contribution >= 0.6 is 0 Å². The summed E-state index contributed by atoms with van der Waals surface area (Å²) in [6, 6.07) is 6.83. The van der Waals surface area contributed by atoms with Crippen molar-refractivity contribution < 1.29 is 9.84 Å². The van der Waals surface area contributed by atoms with E-state index in [9.17, 15) is 5.11 Å². The van der Waals surface area contributed by atoms with Gasteiger partial charge in [0.1, 0.15) is 5.75 Å². The molecular weight excluding hydrogens is 250 g/mol. The fourth-order valence-corrected chi connectivity index (χ4v) is 2.58. The van der Waals surface area contributed by atoms with Gasteiger partial charge in [0.15, 0.2) is 0 Å². The summed E-state index contributed by atoms with van der Waals surface area (Å²) in [7, 11) is 0. The zero-order chi connectivity index (χ0) is 14.6. The second-order valence-electron chi connectivity index (χ2n) is 6.31. The first-order chi connectivity index (χ1) is 9.54. The lowest BCUT2D eigenvalue weighted by Crippen LogP contribution is -2.47. The highest BCUT2D eigenvalue weighted by Crippen LogP contribution is 2.25. The Morgan fingerprint density at radius 3 is 2.50 bits per heavy atom. The van der Waals surface area contributed by atoms with E-state index >= 15 is 0 Å². The van der Waals surface area contributed by atoms with Crippen molar-refractivity contribution >= 4 is 0 Å². The average Bonchev–Trinajstić information content (AvgIpc) is 3.21. The number of aryl methyl sites for hydroxylation is 2. The van der Waals surface area contributed by atoms with E-state index in [0.717, 1.165) is 18.6 Å². The van der Waals surface area contributed by atoms with Crippen molar-refractivity contribution in [3.8, 4) is 5.75 Å². The molecule has 0 spiro atoms. The zero-order valence-electron chi connectivity index (χ0n) is 12.9. The Labute approximate surface area is 122 Å². The van der Waals surface area contributed by atoms with Gasteiger partial charge in [0, 0.05) is 11.6 Å². The SMILES string of the molecule is Cc1cccc(C)c1OCCCC(C)(CO)NC1CC1. The van der Waals surface area contributed by atoms with Crippen molar-refractivity contribution in [1.82, 2.24) is 5.32 Å². The van der Waals surface area contributed by atoms with Crippen LogP contribution in [0.3, 0.4) is 0 Å². The predicted molar refractivity (Wildman–Crippen MR) is 82.3 cm³/mol. The third-order valence-electron chi connectivity index (χ3n) is 4.01. The Hall–Kier alpha value is -1.06. The number of rotatable bonds is 8. The van der Waals surface area contributed by atoms with Crippen LogP contribution in [0.4, 0.5) is 0 Å². The molecular formula is C17H27NO2. The van der Waals surface area contributed by atoms with Gasteiger partial charge in [-0.15, -0.1) is 0 Å². The maximum Gasteiger partial charge on any atom is 0.125 e. The molecule has 0 aromatic heterocycles. The van der Waals surface area contributed by atoms with Crippen LogP contribution in [0.25, 0.3) is 0 Å². The van der Waals surface area contributed by atoms with Gasteiger partial charge in [0.25, 0.3) is 0 Å². The largest absolute Gasteiger partial charge is 0.493 e. The molecule has 0 amide bonds. The van der Waals surface area contributed by atoms with Gasteiger partial charge in [-0.3, -0.25) is 0 Å². The second kappa shape index (κ2) is 6.59. The molecule has 0 aliphatic heterocycles. The Balaban J connectivity index is 1.77. The van der Waals surface area contributed by atoms with Gasteiger partial charge in [-0.2, -0.15) is 0 Å². The van der Waals surface area contributed by atoms with E-state index in [1.54, 1.807) is 0 Å². The second-order valence-corrected chi connectivity index (χ2v) is 6.31. The van der Waals surface area contributed by atoms with Crippen molar-refractivity contribution in [2.45, 2.75) is 58.0 Å². The Morgan fingerprint density at radius 1 is 1.30 bits per heavy atom. The zero-order valence-corrected chi connectivity index (χ0v) is 12.9. The lowest BCUT2D eigenvalue weighted by atomic mass is 9.97. The van der Waals surface area contributed by atoms with Gasteiger partial charge in [-0.1, -0.05) is 18.2 Å². The summed E-state index contributed by atoms with van der Waals surface area (Å²) in [5.74, 6) is 1.01. The number of aliphatic hydroxyl groups excluding tert-OH is 1. The van der Waals surface area contributed by atoms with Crippen molar-refractivity contribution in [3.05, 3.63) is 29.3 Å². The molecule has 2 N–H and O–H groups in total. The minimum absolute atomic E-state index is 0.161. The number of ether oxygens (including phenoxy) is 1. The summed E-state index contributed by atoms with van der Waals surface area (Å²) in [5, 5.41) is 13.1. The maximum atomic E-state index is 9.56. The highest BCUT2D eigenvalue weighted by molar-refractivity contribution is 5.39. The summed E-state index contributed by atoms with van der Waals surface area (Å²) in [6.45, 7) is 7.15. The van der Waals surface area contributed by atoms with E-state index in [4.69, 9.17) is 4.74 Å². The number of hydrogen-bond donors (Lipinski definition) is 2. The molecule has 3 heteroatoms.